The van der Waals surface area contributed by atoms with E-state index >= 15 is 0 Å². The SMILES string of the molecule is CC(C)Sc1nc(N2CCCC2)c2cnn(CCNC(=O)c3ccc4ccccc4c3)c2n1. The van der Waals surface area contributed by atoms with Crippen molar-refractivity contribution in [2.24, 2.45) is 0 Å². The van der Waals surface area contributed by atoms with Gasteiger partial charge in [-0.1, -0.05) is 55.9 Å². The van der Waals surface area contributed by atoms with Gasteiger partial charge in [0.1, 0.15) is 5.82 Å². The summed E-state index contributed by atoms with van der Waals surface area (Å²) in [6, 6.07) is 13.8. The van der Waals surface area contributed by atoms with E-state index in [0.29, 0.717) is 23.9 Å². The van der Waals surface area contributed by atoms with Crippen LogP contribution in [0.3, 0.4) is 0 Å². The zero-order valence-electron chi connectivity index (χ0n) is 19.0. The van der Waals surface area contributed by atoms with Crippen LogP contribution < -0.4 is 10.2 Å². The minimum absolute atomic E-state index is 0.0827. The fourth-order valence-electron chi connectivity index (χ4n) is 4.23. The van der Waals surface area contributed by atoms with E-state index in [4.69, 9.17) is 9.97 Å². The Hall–Kier alpha value is -3.13. The maximum Gasteiger partial charge on any atom is 0.251 e. The van der Waals surface area contributed by atoms with Crippen LogP contribution in [0.2, 0.25) is 0 Å². The van der Waals surface area contributed by atoms with E-state index in [1.807, 2.05) is 53.3 Å². The molecule has 4 aromatic rings. The highest BCUT2D eigenvalue weighted by molar-refractivity contribution is 7.99. The minimum Gasteiger partial charge on any atom is -0.356 e. The van der Waals surface area contributed by atoms with Gasteiger partial charge in [0.2, 0.25) is 0 Å². The minimum atomic E-state index is -0.0827. The number of nitrogens with zero attached hydrogens (tertiary/aromatic N) is 5. The zero-order valence-corrected chi connectivity index (χ0v) is 19.8. The Bertz CT molecular complexity index is 1290. The zero-order chi connectivity index (χ0) is 22.8. The summed E-state index contributed by atoms with van der Waals surface area (Å²) in [5.74, 6) is 0.896. The molecule has 1 saturated heterocycles. The first-order valence-corrected chi connectivity index (χ1v) is 12.4. The second-order valence-electron chi connectivity index (χ2n) is 8.61. The van der Waals surface area contributed by atoms with Crippen LogP contribution in [0.4, 0.5) is 5.82 Å². The quantitative estimate of drug-likeness (QED) is 0.323. The lowest BCUT2D eigenvalue weighted by Gasteiger charge is -2.18. The van der Waals surface area contributed by atoms with Crippen LogP contribution in [-0.4, -0.2) is 50.5 Å². The third-order valence-electron chi connectivity index (χ3n) is 5.82. The summed E-state index contributed by atoms with van der Waals surface area (Å²) in [7, 11) is 0. The number of carbonyl (C=O) groups excluding carboxylic acids is 1. The molecule has 0 spiro atoms. The van der Waals surface area contributed by atoms with Crippen LogP contribution in [0.5, 0.6) is 0 Å². The topological polar surface area (TPSA) is 75.9 Å². The first-order chi connectivity index (χ1) is 16.1. The van der Waals surface area contributed by atoms with Gasteiger partial charge < -0.3 is 10.2 Å². The van der Waals surface area contributed by atoms with Gasteiger partial charge in [0.15, 0.2) is 10.8 Å². The molecule has 0 unspecified atom stereocenters. The van der Waals surface area contributed by atoms with Gasteiger partial charge in [0.25, 0.3) is 5.91 Å². The number of rotatable bonds is 7. The van der Waals surface area contributed by atoms with Crippen LogP contribution in [0, 0.1) is 0 Å². The molecule has 0 saturated carbocycles. The number of benzene rings is 2. The van der Waals surface area contributed by atoms with Crippen LogP contribution in [-0.2, 0) is 6.54 Å². The third kappa shape index (κ3) is 4.66. The second-order valence-corrected chi connectivity index (χ2v) is 10.2. The average molecular weight is 461 g/mol. The van der Waals surface area contributed by atoms with Crippen molar-refractivity contribution < 1.29 is 4.79 Å². The van der Waals surface area contributed by atoms with Crippen molar-refractivity contribution in [3.8, 4) is 0 Å². The van der Waals surface area contributed by atoms with Gasteiger partial charge in [-0.2, -0.15) is 5.10 Å². The summed E-state index contributed by atoms with van der Waals surface area (Å²) in [5, 5.41) is 11.9. The molecule has 0 atom stereocenters. The van der Waals surface area contributed by atoms with Crippen molar-refractivity contribution in [1.82, 2.24) is 25.1 Å². The lowest BCUT2D eigenvalue weighted by atomic mass is 10.1. The number of nitrogens with one attached hydrogen (secondary N) is 1. The number of fused-ring (bicyclic) bond motifs is 2. The first kappa shape index (κ1) is 21.7. The Morgan fingerprint density at radius 3 is 2.67 bits per heavy atom. The van der Waals surface area contributed by atoms with Crippen LogP contribution in [0.15, 0.2) is 53.8 Å². The maximum absolute atomic E-state index is 12.7. The summed E-state index contributed by atoms with van der Waals surface area (Å²) in [4.78, 5) is 24.7. The monoisotopic (exact) mass is 460 g/mol. The largest absolute Gasteiger partial charge is 0.356 e. The number of anilines is 1. The first-order valence-electron chi connectivity index (χ1n) is 11.5. The smallest absolute Gasteiger partial charge is 0.251 e. The molecule has 2 aromatic heterocycles. The summed E-state index contributed by atoms with van der Waals surface area (Å²) in [6.07, 6.45) is 4.23. The molecular weight excluding hydrogens is 432 g/mol. The summed E-state index contributed by atoms with van der Waals surface area (Å²) < 4.78 is 1.88. The molecule has 3 heterocycles. The highest BCUT2D eigenvalue weighted by atomic mass is 32.2. The second kappa shape index (κ2) is 9.39. The third-order valence-corrected chi connectivity index (χ3v) is 6.69. The molecule has 1 aliphatic rings. The average Bonchev–Trinajstić information content (AvgIpc) is 3.48. The van der Waals surface area contributed by atoms with Gasteiger partial charge in [-0.15, -0.1) is 0 Å². The molecule has 1 N–H and O–H groups in total. The van der Waals surface area contributed by atoms with Gasteiger partial charge in [0.05, 0.1) is 18.1 Å². The molecule has 1 amide bonds. The Morgan fingerprint density at radius 1 is 1.09 bits per heavy atom. The van der Waals surface area contributed by atoms with Crippen LogP contribution in [0.1, 0.15) is 37.0 Å². The number of aromatic nitrogens is 4. The van der Waals surface area contributed by atoms with E-state index in [0.717, 1.165) is 45.9 Å². The molecular formula is C25H28N6OS. The normalized spacial score (nSPS) is 14.0. The Balaban J connectivity index is 1.33. The van der Waals surface area contributed by atoms with E-state index < -0.39 is 0 Å². The van der Waals surface area contributed by atoms with Crippen molar-refractivity contribution >= 4 is 45.3 Å². The molecule has 5 rings (SSSR count). The van der Waals surface area contributed by atoms with Crippen LogP contribution in [0.25, 0.3) is 21.8 Å². The molecule has 33 heavy (non-hydrogen) atoms. The van der Waals surface area contributed by atoms with E-state index in [1.54, 1.807) is 11.8 Å². The molecule has 2 aromatic carbocycles. The van der Waals surface area contributed by atoms with Crippen molar-refractivity contribution in [2.45, 2.75) is 43.6 Å². The van der Waals surface area contributed by atoms with Gasteiger partial charge in [0, 0.05) is 30.4 Å². The Labute approximate surface area is 197 Å². The summed E-state index contributed by atoms with van der Waals surface area (Å²) >= 11 is 1.67. The van der Waals surface area contributed by atoms with Crippen molar-refractivity contribution in [3.05, 3.63) is 54.2 Å². The summed E-state index contributed by atoms with van der Waals surface area (Å²) in [6.45, 7) is 7.35. The standard InChI is InChI=1S/C25H28N6OS/c1-17(2)33-25-28-22(30-12-5-6-13-30)21-16-27-31(23(21)29-25)14-11-26-24(32)20-10-9-18-7-3-4-8-19(18)15-20/h3-4,7-10,15-17H,5-6,11-14H2,1-2H3,(H,26,32). The lowest BCUT2D eigenvalue weighted by molar-refractivity contribution is 0.0952. The molecule has 1 aliphatic heterocycles. The van der Waals surface area contributed by atoms with E-state index in [2.05, 4.69) is 29.2 Å². The number of hydrogen-bond acceptors (Lipinski definition) is 6. The van der Waals surface area contributed by atoms with E-state index in [-0.39, 0.29) is 5.91 Å². The molecule has 170 valence electrons. The van der Waals surface area contributed by atoms with Crippen molar-refractivity contribution in [1.29, 1.82) is 0 Å². The van der Waals surface area contributed by atoms with Gasteiger partial charge in [-0.05, 0) is 35.7 Å². The molecule has 0 radical (unpaired) electrons. The lowest BCUT2D eigenvalue weighted by Crippen LogP contribution is -2.27. The molecule has 1 fully saturated rings. The molecule has 0 aliphatic carbocycles. The Morgan fingerprint density at radius 2 is 1.88 bits per heavy atom. The van der Waals surface area contributed by atoms with E-state index in [1.165, 1.54) is 12.8 Å². The Kier molecular flexibility index (Phi) is 6.17. The van der Waals surface area contributed by atoms with Gasteiger partial charge in [-0.25, -0.2) is 14.6 Å². The highest BCUT2D eigenvalue weighted by Gasteiger charge is 2.21. The highest BCUT2D eigenvalue weighted by Crippen LogP contribution is 2.30. The van der Waals surface area contributed by atoms with Crippen molar-refractivity contribution in [3.63, 3.8) is 0 Å². The fourth-order valence-corrected chi connectivity index (χ4v) is 4.93. The number of thioether (sulfide) groups is 1. The van der Waals surface area contributed by atoms with Crippen LogP contribution >= 0.6 is 11.8 Å². The predicted octanol–water partition coefficient (Wildman–Crippen LogP) is 4.51. The fraction of sp³-hybridized carbons (Fsp3) is 0.360. The summed E-state index contributed by atoms with van der Waals surface area (Å²) in [5.41, 5.74) is 1.49. The van der Waals surface area contributed by atoms with Gasteiger partial charge >= 0.3 is 0 Å². The number of carbonyl (C=O) groups is 1. The molecule has 8 heteroatoms. The molecule has 0 bridgehead atoms. The molecule has 7 nitrogen and oxygen atoms in total. The maximum atomic E-state index is 12.7. The number of amides is 1. The predicted molar refractivity (Wildman–Crippen MR) is 134 cm³/mol. The van der Waals surface area contributed by atoms with Crippen molar-refractivity contribution in [2.75, 3.05) is 24.5 Å². The van der Waals surface area contributed by atoms with Gasteiger partial charge in [-0.3, -0.25) is 4.79 Å². The number of hydrogen-bond donors (Lipinski definition) is 1. The van der Waals surface area contributed by atoms with E-state index in [9.17, 15) is 4.79 Å².